The molecule has 2 aliphatic heterocycles. The molecular formula is C16H7BBr2ClF5N2. The van der Waals surface area contributed by atoms with E-state index in [1.54, 1.807) is 0 Å². The van der Waals surface area contributed by atoms with E-state index < -0.39 is 18.7 Å². The summed E-state index contributed by atoms with van der Waals surface area (Å²) in [5.74, 6) is 0. The summed E-state index contributed by atoms with van der Waals surface area (Å²) in [4.78, 5) is 0. The Kier molecular flexibility index (Phi) is 4.25. The van der Waals surface area contributed by atoms with Gasteiger partial charge in [-0.25, -0.2) is 0 Å². The Morgan fingerprint density at radius 3 is 2.41 bits per heavy atom. The third-order valence-corrected chi connectivity index (χ3v) is 6.05. The lowest BCUT2D eigenvalue weighted by Crippen LogP contribution is -2.50. The number of benzene rings is 1. The van der Waals surface area contributed by atoms with Gasteiger partial charge in [-0.3, -0.25) is 0 Å². The molecule has 0 saturated carbocycles. The largest absolute Gasteiger partial charge is 0.738 e. The number of hydrogen-bond acceptors (Lipinski definition) is 0. The fraction of sp³-hybridized carbons (Fsp3) is 0.0625. The summed E-state index contributed by atoms with van der Waals surface area (Å²) in [6.45, 7) is -4.32. The van der Waals surface area contributed by atoms with Gasteiger partial charge < -0.3 is 17.6 Å². The highest BCUT2D eigenvalue weighted by Gasteiger charge is 2.55. The van der Waals surface area contributed by atoms with Gasteiger partial charge in [0.15, 0.2) is 5.70 Å². The van der Waals surface area contributed by atoms with Crippen LogP contribution in [0.3, 0.4) is 0 Å². The van der Waals surface area contributed by atoms with E-state index in [1.807, 2.05) is 0 Å². The van der Waals surface area contributed by atoms with E-state index in [2.05, 4.69) is 31.9 Å². The molecule has 0 amide bonds. The van der Waals surface area contributed by atoms with Crippen LogP contribution in [0, 0.1) is 0 Å². The Morgan fingerprint density at radius 1 is 1.04 bits per heavy atom. The van der Waals surface area contributed by atoms with E-state index in [0.717, 1.165) is 6.07 Å². The SMILES string of the molecule is F[B-]1(F)n2c(Br)ccc2C(c2c(Cl)cccc2C(F)(F)F)=C2C=CC(Br)=[N+]21. The maximum atomic E-state index is 15.2. The zero-order valence-electron chi connectivity index (χ0n) is 13.0. The highest BCUT2D eigenvalue weighted by Crippen LogP contribution is 2.47. The Hall–Kier alpha value is -1.39. The third-order valence-electron chi connectivity index (χ3n) is 4.44. The second-order valence-corrected chi connectivity index (χ2v) is 7.98. The molecule has 1 aromatic carbocycles. The molecule has 2 aromatic rings. The minimum absolute atomic E-state index is 0.0166. The van der Waals surface area contributed by atoms with Crippen LogP contribution in [0.15, 0.2) is 52.8 Å². The van der Waals surface area contributed by atoms with E-state index in [9.17, 15) is 13.2 Å². The van der Waals surface area contributed by atoms with Crippen molar-refractivity contribution in [1.82, 2.24) is 4.48 Å². The summed E-state index contributed by atoms with van der Waals surface area (Å²) in [6.07, 6.45) is -1.99. The first-order chi connectivity index (χ1) is 12.5. The minimum Gasteiger partial charge on any atom is -0.389 e. The molecule has 140 valence electrons. The summed E-state index contributed by atoms with van der Waals surface area (Å²) >= 11 is 12.3. The highest BCUT2D eigenvalue weighted by atomic mass is 79.9. The van der Waals surface area contributed by atoms with Crippen molar-refractivity contribution < 1.29 is 26.3 Å². The Balaban J connectivity index is 2.17. The van der Waals surface area contributed by atoms with Crippen molar-refractivity contribution in [1.29, 1.82) is 0 Å². The van der Waals surface area contributed by atoms with Gasteiger partial charge in [-0.15, -0.1) is 0 Å². The topological polar surface area (TPSA) is 7.94 Å². The molecule has 2 nitrogen and oxygen atoms in total. The first-order valence-corrected chi connectivity index (χ1v) is 9.51. The van der Waals surface area contributed by atoms with Crippen molar-refractivity contribution in [2.45, 2.75) is 6.18 Å². The first-order valence-electron chi connectivity index (χ1n) is 7.55. The van der Waals surface area contributed by atoms with Crippen LogP contribution < -0.4 is 0 Å². The average molecular weight is 528 g/mol. The molecule has 0 N–H and O–H groups in total. The molecule has 0 saturated heterocycles. The van der Waals surface area contributed by atoms with Gasteiger partial charge in [-0.1, -0.05) is 17.7 Å². The molecule has 0 unspecified atom stereocenters. The number of allylic oxidation sites excluding steroid dienone is 2. The van der Waals surface area contributed by atoms with Gasteiger partial charge in [0, 0.05) is 44.4 Å². The second-order valence-electron chi connectivity index (χ2n) is 5.95. The number of fused-ring (bicyclic) bond motifs is 2. The molecule has 0 fully saturated rings. The monoisotopic (exact) mass is 526 g/mol. The van der Waals surface area contributed by atoms with Crippen LogP contribution in [0.5, 0.6) is 0 Å². The zero-order valence-corrected chi connectivity index (χ0v) is 17.0. The summed E-state index contributed by atoms with van der Waals surface area (Å²) < 4.78 is 72.8. The second kappa shape index (κ2) is 6.05. The van der Waals surface area contributed by atoms with Crippen LogP contribution in [-0.2, 0) is 6.18 Å². The standard InChI is InChI=1S/C16H7BBr2ClF5N2/c18-12-6-4-10-15(14-8(16(21,22)23)2-1-3-9(14)20)11-5-7-13(19)27(11)17(24,25)26(10)12/h1-7H. The van der Waals surface area contributed by atoms with Crippen LogP contribution in [0.25, 0.3) is 5.57 Å². The minimum atomic E-state index is -4.71. The molecule has 0 spiro atoms. The van der Waals surface area contributed by atoms with Gasteiger partial charge in [0.25, 0.3) is 0 Å². The smallest absolute Gasteiger partial charge is 0.389 e. The van der Waals surface area contributed by atoms with E-state index in [-0.39, 0.29) is 36.8 Å². The Bertz CT molecular complexity index is 1080. The lowest BCUT2D eigenvalue weighted by atomic mass is 9.85. The van der Waals surface area contributed by atoms with Gasteiger partial charge in [0.1, 0.15) is 0 Å². The van der Waals surface area contributed by atoms with Crippen molar-refractivity contribution in [3.05, 3.63) is 74.6 Å². The molecular weight excluding hydrogens is 521 g/mol. The average Bonchev–Trinajstić information content (AvgIpc) is 3.13. The van der Waals surface area contributed by atoms with Gasteiger partial charge >= 0.3 is 13.1 Å². The van der Waals surface area contributed by atoms with Crippen LogP contribution in [0.2, 0.25) is 5.02 Å². The molecule has 27 heavy (non-hydrogen) atoms. The molecule has 1 aromatic heterocycles. The van der Waals surface area contributed by atoms with E-state index >= 15 is 8.63 Å². The molecule has 2 aliphatic rings. The number of hydrogen-bond donors (Lipinski definition) is 0. The van der Waals surface area contributed by atoms with Crippen LogP contribution in [0.4, 0.5) is 21.8 Å². The first kappa shape index (κ1) is 19.0. The number of rotatable bonds is 1. The fourth-order valence-corrected chi connectivity index (χ4v) is 4.81. The van der Waals surface area contributed by atoms with Crippen molar-refractivity contribution >= 4 is 60.6 Å². The summed E-state index contributed by atoms with van der Waals surface area (Å²) in [5.41, 5.74) is -1.45. The van der Waals surface area contributed by atoms with Gasteiger partial charge in [-0.05, 0) is 40.2 Å². The van der Waals surface area contributed by atoms with Crippen LogP contribution in [-0.4, -0.2) is 20.6 Å². The number of nitrogens with zero attached hydrogens (tertiary/aromatic N) is 2. The maximum absolute atomic E-state index is 15.2. The van der Waals surface area contributed by atoms with Crippen molar-refractivity contribution in [2.24, 2.45) is 0 Å². The van der Waals surface area contributed by atoms with E-state index in [4.69, 9.17) is 11.6 Å². The molecule has 0 aliphatic carbocycles. The normalized spacial score (nSPS) is 18.2. The van der Waals surface area contributed by atoms with Crippen molar-refractivity contribution in [2.75, 3.05) is 0 Å². The molecule has 4 rings (SSSR count). The number of aromatic nitrogens is 1. The predicted octanol–water partition coefficient (Wildman–Crippen LogP) is 6.29. The summed E-state index contributed by atoms with van der Waals surface area (Å²) in [5, 5.41) is -0.176. The molecule has 0 bridgehead atoms. The molecule has 11 heteroatoms. The Labute approximate surface area is 171 Å². The maximum Gasteiger partial charge on any atom is 0.738 e. The molecule has 0 radical (unpaired) electrons. The van der Waals surface area contributed by atoms with Gasteiger partial charge in [0.2, 0.25) is 4.62 Å². The Morgan fingerprint density at radius 2 is 1.74 bits per heavy atom. The fourth-order valence-electron chi connectivity index (χ4n) is 3.40. The zero-order chi connectivity index (χ0) is 19.7. The summed E-state index contributed by atoms with van der Waals surface area (Å²) in [6, 6.07) is 6.09. The van der Waals surface area contributed by atoms with E-state index in [0.29, 0.717) is 8.96 Å². The number of alkyl halides is 3. The van der Waals surface area contributed by atoms with Crippen LogP contribution >= 0.6 is 43.5 Å². The third kappa shape index (κ3) is 2.67. The molecule has 0 atom stereocenters. The van der Waals surface area contributed by atoms with Gasteiger partial charge in [0.05, 0.1) is 15.7 Å². The van der Waals surface area contributed by atoms with Crippen molar-refractivity contribution in [3.63, 3.8) is 0 Å². The number of halogens is 8. The quantitative estimate of drug-likeness (QED) is 0.304. The molecule has 3 heterocycles. The predicted molar refractivity (Wildman–Crippen MR) is 101 cm³/mol. The highest BCUT2D eigenvalue weighted by molar-refractivity contribution is 9.18. The van der Waals surface area contributed by atoms with Gasteiger partial charge in [-0.2, -0.15) is 13.2 Å². The lowest BCUT2D eigenvalue weighted by molar-refractivity contribution is -0.358. The lowest BCUT2D eigenvalue weighted by Gasteiger charge is -2.32. The summed E-state index contributed by atoms with van der Waals surface area (Å²) in [7, 11) is 0. The van der Waals surface area contributed by atoms with E-state index in [1.165, 1.54) is 36.4 Å². The van der Waals surface area contributed by atoms with Crippen LogP contribution in [0.1, 0.15) is 16.8 Å². The van der Waals surface area contributed by atoms with Crippen molar-refractivity contribution in [3.8, 4) is 0 Å².